The first-order chi connectivity index (χ1) is 7.26. The number of benzene rings is 1. The third kappa shape index (κ3) is 1.59. The molecule has 0 radical (unpaired) electrons. The number of allylic oxidation sites excluding steroid dienone is 2. The van der Waals surface area contributed by atoms with Gasteiger partial charge in [-0.05, 0) is 18.3 Å². The standard InChI is InChI=1S/C13H15OP/c14-15(13-4-2-1-3-5-13)9-11-6-7-12(8-11)10-15/h1-7,11-12H,8-10H2. The van der Waals surface area contributed by atoms with Gasteiger partial charge >= 0.3 is 0 Å². The maximum atomic E-state index is 12.9. The molecule has 0 N–H and O–H groups in total. The van der Waals surface area contributed by atoms with Crippen molar-refractivity contribution >= 4 is 12.4 Å². The zero-order chi connectivity index (χ0) is 10.3. The Morgan fingerprint density at radius 2 is 1.60 bits per heavy atom. The first-order valence-electron chi connectivity index (χ1n) is 5.58. The van der Waals surface area contributed by atoms with Crippen LogP contribution in [-0.2, 0) is 4.57 Å². The molecule has 1 saturated heterocycles. The first-order valence-corrected chi connectivity index (χ1v) is 7.66. The molecule has 2 aliphatic rings. The summed E-state index contributed by atoms with van der Waals surface area (Å²) in [6.07, 6.45) is 7.56. The Kier molecular flexibility index (Phi) is 2.10. The molecule has 1 nitrogen and oxygen atoms in total. The highest BCUT2D eigenvalue weighted by Gasteiger charge is 2.38. The van der Waals surface area contributed by atoms with Crippen molar-refractivity contribution in [1.29, 1.82) is 0 Å². The molecule has 3 rings (SSSR count). The monoisotopic (exact) mass is 218 g/mol. The first kappa shape index (κ1) is 9.42. The number of rotatable bonds is 1. The fourth-order valence-electron chi connectivity index (χ4n) is 2.87. The van der Waals surface area contributed by atoms with Crippen LogP contribution in [0.2, 0.25) is 0 Å². The Bertz CT molecular complexity index is 417. The van der Waals surface area contributed by atoms with Gasteiger partial charge in [-0.1, -0.05) is 42.5 Å². The summed E-state index contributed by atoms with van der Waals surface area (Å²) in [4.78, 5) is 0. The van der Waals surface area contributed by atoms with E-state index < -0.39 is 7.14 Å². The smallest absolute Gasteiger partial charge is 0.116 e. The van der Waals surface area contributed by atoms with Crippen LogP contribution < -0.4 is 5.30 Å². The van der Waals surface area contributed by atoms with Crippen LogP contribution in [0.4, 0.5) is 0 Å². The number of hydrogen-bond donors (Lipinski definition) is 0. The SMILES string of the molecule is O=P1(c2ccccc2)CC2C=CC(C2)C1. The van der Waals surface area contributed by atoms with Crippen LogP contribution in [0.5, 0.6) is 0 Å². The average molecular weight is 218 g/mol. The Balaban J connectivity index is 1.96. The van der Waals surface area contributed by atoms with Gasteiger partial charge < -0.3 is 4.57 Å². The molecule has 78 valence electrons. The summed E-state index contributed by atoms with van der Waals surface area (Å²) in [6, 6.07) is 10.1. The van der Waals surface area contributed by atoms with Crippen molar-refractivity contribution in [2.75, 3.05) is 12.3 Å². The Morgan fingerprint density at radius 3 is 2.20 bits per heavy atom. The molecule has 1 aliphatic heterocycles. The molecule has 1 aliphatic carbocycles. The summed E-state index contributed by atoms with van der Waals surface area (Å²) >= 11 is 0. The fourth-order valence-corrected chi connectivity index (χ4v) is 6.22. The largest absolute Gasteiger partial charge is 0.319 e. The molecule has 1 aromatic carbocycles. The maximum absolute atomic E-state index is 12.9. The summed E-state index contributed by atoms with van der Waals surface area (Å²) in [6.45, 7) is 0. The molecule has 2 heteroatoms. The molecule has 1 fully saturated rings. The molecule has 1 aromatic rings. The predicted molar refractivity (Wildman–Crippen MR) is 64.2 cm³/mol. The second kappa shape index (κ2) is 3.35. The third-order valence-corrected chi connectivity index (χ3v) is 6.90. The van der Waals surface area contributed by atoms with Crippen LogP contribution >= 0.6 is 7.14 Å². The molecular weight excluding hydrogens is 203 g/mol. The van der Waals surface area contributed by atoms with Crippen LogP contribution in [0.25, 0.3) is 0 Å². The summed E-state index contributed by atoms with van der Waals surface area (Å²) in [5.74, 6) is 1.16. The molecule has 0 aromatic heterocycles. The van der Waals surface area contributed by atoms with Crippen LogP contribution in [0, 0.1) is 11.8 Å². The lowest BCUT2D eigenvalue weighted by Crippen LogP contribution is -2.22. The van der Waals surface area contributed by atoms with E-state index >= 15 is 0 Å². The predicted octanol–water partition coefficient (Wildman–Crippen LogP) is 2.88. The second-order valence-corrected chi connectivity index (χ2v) is 7.76. The van der Waals surface area contributed by atoms with Crippen molar-refractivity contribution in [3.8, 4) is 0 Å². The second-order valence-electron chi connectivity index (χ2n) is 4.73. The molecule has 0 saturated carbocycles. The highest BCUT2D eigenvalue weighted by molar-refractivity contribution is 7.71. The van der Waals surface area contributed by atoms with Crippen LogP contribution in [0.1, 0.15) is 6.42 Å². The van der Waals surface area contributed by atoms with E-state index in [4.69, 9.17) is 0 Å². The summed E-state index contributed by atoms with van der Waals surface area (Å²) in [7, 11) is -2.08. The van der Waals surface area contributed by atoms with Crippen molar-refractivity contribution in [3.63, 3.8) is 0 Å². The van der Waals surface area contributed by atoms with E-state index in [1.807, 2.05) is 30.3 Å². The molecule has 2 unspecified atom stereocenters. The van der Waals surface area contributed by atoms with Gasteiger partial charge in [-0.2, -0.15) is 0 Å². The van der Waals surface area contributed by atoms with E-state index in [2.05, 4.69) is 12.2 Å². The summed E-state index contributed by atoms with van der Waals surface area (Å²) < 4.78 is 12.9. The molecule has 15 heavy (non-hydrogen) atoms. The van der Waals surface area contributed by atoms with E-state index in [-0.39, 0.29) is 0 Å². The molecule has 0 spiro atoms. The van der Waals surface area contributed by atoms with Crippen molar-refractivity contribution in [1.82, 2.24) is 0 Å². The average Bonchev–Trinajstić information content (AvgIpc) is 2.60. The van der Waals surface area contributed by atoms with E-state index in [0.717, 1.165) is 17.6 Å². The lowest BCUT2D eigenvalue weighted by Gasteiger charge is -2.28. The van der Waals surface area contributed by atoms with Crippen LogP contribution in [0.15, 0.2) is 42.5 Å². The quantitative estimate of drug-likeness (QED) is 0.523. The summed E-state index contributed by atoms with van der Waals surface area (Å²) in [5, 5.41) is 1.09. The Hall–Kier alpha value is -0.810. The lowest BCUT2D eigenvalue weighted by molar-refractivity contribution is 0.521. The van der Waals surface area contributed by atoms with Gasteiger partial charge in [0.2, 0.25) is 0 Å². The van der Waals surface area contributed by atoms with Crippen molar-refractivity contribution in [3.05, 3.63) is 42.5 Å². The van der Waals surface area contributed by atoms with Crippen LogP contribution in [-0.4, -0.2) is 12.3 Å². The van der Waals surface area contributed by atoms with Gasteiger partial charge in [0, 0.05) is 17.6 Å². The highest BCUT2D eigenvalue weighted by Crippen LogP contribution is 2.55. The van der Waals surface area contributed by atoms with Crippen molar-refractivity contribution in [2.45, 2.75) is 6.42 Å². The zero-order valence-corrected chi connectivity index (χ0v) is 9.57. The number of hydrogen-bond acceptors (Lipinski definition) is 1. The van der Waals surface area contributed by atoms with Gasteiger partial charge in [0.05, 0.1) is 0 Å². The zero-order valence-electron chi connectivity index (χ0n) is 8.67. The normalized spacial score (nSPS) is 38.1. The topological polar surface area (TPSA) is 17.1 Å². The minimum Gasteiger partial charge on any atom is -0.319 e. The van der Waals surface area contributed by atoms with Gasteiger partial charge in [-0.15, -0.1) is 0 Å². The molecular formula is C13H15OP. The maximum Gasteiger partial charge on any atom is 0.116 e. The fraction of sp³-hybridized carbons (Fsp3) is 0.385. The Morgan fingerprint density at radius 1 is 1.00 bits per heavy atom. The molecule has 0 amide bonds. The van der Waals surface area contributed by atoms with Crippen LogP contribution in [0.3, 0.4) is 0 Å². The minimum absolute atomic E-state index is 0.579. The Labute approximate surface area is 90.6 Å². The molecule has 2 bridgehead atoms. The van der Waals surface area contributed by atoms with Crippen molar-refractivity contribution < 1.29 is 4.57 Å². The van der Waals surface area contributed by atoms with E-state index in [9.17, 15) is 4.57 Å². The summed E-state index contributed by atoms with van der Waals surface area (Å²) in [5.41, 5.74) is 0. The minimum atomic E-state index is -2.08. The molecule has 2 atom stereocenters. The van der Waals surface area contributed by atoms with Gasteiger partial charge in [0.15, 0.2) is 0 Å². The third-order valence-electron chi connectivity index (χ3n) is 3.55. The van der Waals surface area contributed by atoms with Gasteiger partial charge in [-0.3, -0.25) is 0 Å². The van der Waals surface area contributed by atoms with E-state index in [0.29, 0.717) is 11.8 Å². The van der Waals surface area contributed by atoms with Crippen molar-refractivity contribution in [2.24, 2.45) is 11.8 Å². The molecule has 1 heterocycles. The lowest BCUT2D eigenvalue weighted by atomic mass is 10.1. The van der Waals surface area contributed by atoms with Gasteiger partial charge in [-0.25, -0.2) is 0 Å². The number of fused-ring (bicyclic) bond motifs is 2. The highest BCUT2D eigenvalue weighted by atomic mass is 31.2. The van der Waals surface area contributed by atoms with E-state index in [1.165, 1.54) is 6.42 Å². The van der Waals surface area contributed by atoms with E-state index in [1.54, 1.807) is 0 Å². The van der Waals surface area contributed by atoms with Gasteiger partial charge in [0.1, 0.15) is 7.14 Å². The van der Waals surface area contributed by atoms with Gasteiger partial charge in [0.25, 0.3) is 0 Å².